The van der Waals surface area contributed by atoms with Crippen LogP contribution in [-0.4, -0.2) is 21.2 Å². The lowest BCUT2D eigenvalue weighted by Crippen LogP contribution is -2.32. The topological polar surface area (TPSA) is 43.4 Å². The second-order valence-electron chi connectivity index (χ2n) is 4.41. The summed E-state index contributed by atoms with van der Waals surface area (Å²) in [5, 5.41) is 0. The maximum absolute atomic E-state index is 12.9. The number of alkyl halides is 1. The van der Waals surface area contributed by atoms with E-state index in [1.54, 1.807) is 12.1 Å². The van der Waals surface area contributed by atoms with Gasteiger partial charge in [0.05, 0.1) is 11.5 Å². The van der Waals surface area contributed by atoms with E-state index in [4.69, 9.17) is 4.18 Å². The number of hydrogen-bond acceptors (Lipinski definition) is 3. The molecular weight excluding hydrogens is 243 g/mol. The van der Waals surface area contributed by atoms with E-state index in [2.05, 4.69) is 0 Å². The highest BCUT2D eigenvalue weighted by molar-refractivity contribution is 7.86. The molecule has 0 saturated heterocycles. The molecule has 1 aromatic rings. The Kier molecular flexibility index (Phi) is 3.49. The van der Waals surface area contributed by atoms with Crippen LogP contribution < -0.4 is 0 Å². The summed E-state index contributed by atoms with van der Waals surface area (Å²) in [5.41, 5.74) is 0.978. The predicted octanol–water partition coefficient (Wildman–Crippen LogP) is 2.45. The summed E-state index contributed by atoms with van der Waals surface area (Å²) in [6.07, 6.45) is 0.298. The summed E-state index contributed by atoms with van der Waals surface area (Å²) in [4.78, 5) is 0.123. The van der Waals surface area contributed by atoms with E-state index < -0.39 is 16.3 Å². The molecule has 2 unspecified atom stereocenters. The van der Waals surface area contributed by atoms with Gasteiger partial charge >= 0.3 is 0 Å². The van der Waals surface area contributed by atoms with Crippen molar-refractivity contribution in [3.05, 3.63) is 29.8 Å². The summed E-state index contributed by atoms with van der Waals surface area (Å²) in [7, 11) is -3.74. The fourth-order valence-corrected chi connectivity index (χ4v) is 2.63. The molecule has 0 aliphatic heterocycles. The third kappa shape index (κ3) is 2.84. The maximum Gasteiger partial charge on any atom is 0.296 e. The van der Waals surface area contributed by atoms with Gasteiger partial charge in [0.15, 0.2) is 0 Å². The second-order valence-corrected chi connectivity index (χ2v) is 6.02. The highest BCUT2D eigenvalue weighted by atomic mass is 32.2. The normalized spacial score (nSPS) is 24.4. The molecule has 5 heteroatoms. The van der Waals surface area contributed by atoms with Gasteiger partial charge in [-0.2, -0.15) is 8.42 Å². The fourth-order valence-electron chi connectivity index (χ4n) is 1.67. The Morgan fingerprint density at radius 1 is 1.29 bits per heavy atom. The van der Waals surface area contributed by atoms with E-state index in [-0.39, 0.29) is 17.4 Å². The Bertz CT molecular complexity index is 481. The second kappa shape index (κ2) is 4.74. The zero-order valence-electron chi connectivity index (χ0n) is 9.60. The first-order valence-electron chi connectivity index (χ1n) is 5.59. The average Bonchev–Trinajstić information content (AvgIpc) is 2.27. The summed E-state index contributed by atoms with van der Waals surface area (Å²) < 4.78 is 41.3. The smallest absolute Gasteiger partial charge is 0.266 e. The highest BCUT2D eigenvalue weighted by Gasteiger charge is 2.32. The van der Waals surface area contributed by atoms with Crippen LogP contribution in [0.4, 0.5) is 4.39 Å². The van der Waals surface area contributed by atoms with E-state index in [9.17, 15) is 12.8 Å². The Labute approximate surface area is 101 Å². The fraction of sp³-hybridized carbons (Fsp3) is 0.500. The number of aryl methyl sites for hydroxylation is 1. The Morgan fingerprint density at radius 3 is 2.41 bits per heavy atom. The minimum atomic E-state index is -3.74. The molecule has 1 aliphatic carbocycles. The quantitative estimate of drug-likeness (QED) is 0.779. The number of benzene rings is 1. The van der Waals surface area contributed by atoms with Crippen LogP contribution in [0.25, 0.3) is 0 Å². The van der Waals surface area contributed by atoms with E-state index >= 15 is 0 Å². The Balaban J connectivity index is 2.01. The van der Waals surface area contributed by atoms with Gasteiger partial charge in [0.25, 0.3) is 10.1 Å². The van der Waals surface area contributed by atoms with Gasteiger partial charge in [-0.15, -0.1) is 0 Å². The lowest BCUT2D eigenvalue weighted by Gasteiger charge is -2.29. The van der Waals surface area contributed by atoms with Crippen molar-refractivity contribution in [2.75, 3.05) is 6.61 Å². The van der Waals surface area contributed by atoms with Crippen LogP contribution in [0.5, 0.6) is 0 Å². The molecule has 1 aliphatic rings. The van der Waals surface area contributed by atoms with Gasteiger partial charge in [0.1, 0.15) is 6.17 Å². The minimum absolute atomic E-state index is 0.0582. The molecule has 0 aromatic heterocycles. The molecule has 0 spiro atoms. The van der Waals surface area contributed by atoms with Crippen LogP contribution in [0, 0.1) is 12.8 Å². The molecule has 0 heterocycles. The van der Waals surface area contributed by atoms with Gasteiger partial charge in [-0.1, -0.05) is 17.7 Å². The van der Waals surface area contributed by atoms with Crippen molar-refractivity contribution < 1.29 is 17.0 Å². The molecule has 94 valence electrons. The van der Waals surface area contributed by atoms with Crippen molar-refractivity contribution in [3.8, 4) is 0 Å². The van der Waals surface area contributed by atoms with Gasteiger partial charge in [-0.3, -0.25) is 4.18 Å². The van der Waals surface area contributed by atoms with Crippen LogP contribution in [0.1, 0.15) is 18.4 Å². The van der Waals surface area contributed by atoms with Gasteiger partial charge in [-0.05, 0) is 31.9 Å². The van der Waals surface area contributed by atoms with E-state index in [1.165, 1.54) is 12.1 Å². The van der Waals surface area contributed by atoms with Crippen molar-refractivity contribution >= 4 is 10.1 Å². The van der Waals surface area contributed by atoms with Gasteiger partial charge in [0.2, 0.25) is 0 Å². The lowest BCUT2D eigenvalue weighted by molar-refractivity contribution is 0.0692. The predicted molar refractivity (Wildman–Crippen MR) is 61.9 cm³/mol. The summed E-state index contributed by atoms with van der Waals surface area (Å²) in [6, 6.07) is 6.41. The number of rotatable bonds is 4. The first-order chi connectivity index (χ1) is 7.99. The third-order valence-electron chi connectivity index (χ3n) is 3.07. The minimum Gasteiger partial charge on any atom is -0.266 e. The van der Waals surface area contributed by atoms with Crippen molar-refractivity contribution in [3.63, 3.8) is 0 Å². The highest BCUT2D eigenvalue weighted by Crippen LogP contribution is 2.31. The van der Waals surface area contributed by atoms with Gasteiger partial charge in [0, 0.05) is 5.92 Å². The zero-order chi connectivity index (χ0) is 12.5. The molecule has 2 rings (SSSR count). The molecule has 1 aromatic carbocycles. The molecule has 0 radical (unpaired) electrons. The Morgan fingerprint density at radius 2 is 1.94 bits per heavy atom. The van der Waals surface area contributed by atoms with E-state index in [0.717, 1.165) is 5.56 Å². The largest absolute Gasteiger partial charge is 0.296 e. The van der Waals surface area contributed by atoms with Gasteiger partial charge < -0.3 is 0 Å². The van der Waals surface area contributed by atoms with Crippen LogP contribution >= 0.6 is 0 Å². The van der Waals surface area contributed by atoms with Gasteiger partial charge in [-0.25, -0.2) is 4.39 Å². The van der Waals surface area contributed by atoms with Crippen molar-refractivity contribution in [2.45, 2.75) is 30.8 Å². The van der Waals surface area contributed by atoms with Crippen LogP contribution in [0.15, 0.2) is 29.2 Å². The van der Waals surface area contributed by atoms with Crippen molar-refractivity contribution in [1.29, 1.82) is 0 Å². The number of hydrogen-bond donors (Lipinski definition) is 0. The molecule has 2 atom stereocenters. The van der Waals surface area contributed by atoms with Crippen LogP contribution in [-0.2, 0) is 14.3 Å². The van der Waals surface area contributed by atoms with Crippen LogP contribution in [0.2, 0.25) is 0 Å². The molecule has 3 nitrogen and oxygen atoms in total. The molecule has 0 amide bonds. The SMILES string of the molecule is Cc1ccc(S(=O)(=O)OCC2CCC2F)cc1. The Hall–Kier alpha value is -0.940. The molecule has 1 fully saturated rings. The standard InChI is InChI=1S/C12H15FO3S/c1-9-2-5-11(6-3-9)17(14,15)16-8-10-4-7-12(10)13/h2-3,5-6,10,12H,4,7-8H2,1H3. The molecule has 1 saturated carbocycles. The van der Waals surface area contributed by atoms with E-state index in [1.807, 2.05) is 6.92 Å². The monoisotopic (exact) mass is 258 g/mol. The summed E-state index contributed by atoms with van der Waals surface area (Å²) >= 11 is 0. The van der Waals surface area contributed by atoms with Crippen molar-refractivity contribution in [1.82, 2.24) is 0 Å². The van der Waals surface area contributed by atoms with Crippen molar-refractivity contribution in [2.24, 2.45) is 5.92 Å². The first-order valence-corrected chi connectivity index (χ1v) is 7.00. The molecular formula is C12H15FO3S. The lowest BCUT2D eigenvalue weighted by atomic mass is 9.84. The first kappa shape index (κ1) is 12.5. The van der Waals surface area contributed by atoms with E-state index in [0.29, 0.717) is 12.8 Å². The third-order valence-corrected chi connectivity index (χ3v) is 4.37. The maximum atomic E-state index is 12.9. The van der Waals surface area contributed by atoms with Crippen LogP contribution in [0.3, 0.4) is 0 Å². The average molecular weight is 258 g/mol. The zero-order valence-corrected chi connectivity index (χ0v) is 10.4. The molecule has 0 bridgehead atoms. The summed E-state index contributed by atoms with van der Waals surface area (Å²) in [6.45, 7) is 1.82. The molecule has 17 heavy (non-hydrogen) atoms. The summed E-state index contributed by atoms with van der Waals surface area (Å²) in [5.74, 6) is -0.268. The number of halogens is 1. The molecule has 0 N–H and O–H groups in total.